The van der Waals surface area contributed by atoms with E-state index in [9.17, 15) is 41.4 Å². The molecule has 43 heavy (non-hydrogen) atoms. The molecule has 16 nitrogen and oxygen atoms in total. The average molecular weight is 631 g/mol. The number of rotatable bonds is 9. The number of aromatic carboxylic acids is 1. The predicted octanol–water partition coefficient (Wildman–Crippen LogP) is 1.80. The highest BCUT2D eigenvalue weighted by molar-refractivity contribution is 7.86. The summed E-state index contributed by atoms with van der Waals surface area (Å²) in [5, 5.41) is 28.7. The standard InChI is InChI=1S/C25H18N4O12S2/c30-14-41-22-20(24(32)29(27-22)16-8-12-18(13-9-16)43(38,39)40)5-3-1-2-4-19-21(25(33)34)26-28(23(19)31)15-6-10-17(11-7-15)42(35,36)37/h1-14,31H,(H,33,34)(H,35,36,37)(H,38,39,40)/b3-1?,4-2?,20-5-. The van der Waals surface area contributed by atoms with Gasteiger partial charge in [-0.25, -0.2) is 4.79 Å². The summed E-state index contributed by atoms with van der Waals surface area (Å²) in [4.78, 5) is 34.7. The molecule has 1 amide bonds. The van der Waals surface area contributed by atoms with E-state index in [-0.39, 0.29) is 34.9 Å². The molecule has 18 heteroatoms. The van der Waals surface area contributed by atoms with Gasteiger partial charge < -0.3 is 14.9 Å². The summed E-state index contributed by atoms with van der Waals surface area (Å²) >= 11 is 0. The van der Waals surface area contributed by atoms with Crippen LogP contribution in [0.15, 0.2) is 93.3 Å². The van der Waals surface area contributed by atoms with E-state index in [2.05, 4.69) is 10.2 Å². The molecule has 0 spiro atoms. The van der Waals surface area contributed by atoms with Gasteiger partial charge in [0.15, 0.2) is 5.69 Å². The number of nitrogens with zero attached hydrogens (tertiary/aromatic N) is 4. The number of carbonyl (C=O) groups is 3. The molecule has 1 aromatic heterocycles. The van der Waals surface area contributed by atoms with Crippen molar-refractivity contribution in [3.8, 4) is 11.6 Å². The molecule has 1 aliphatic rings. The maximum atomic E-state index is 12.9. The molecule has 0 bridgehead atoms. The molecule has 1 aliphatic heterocycles. The van der Waals surface area contributed by atoms with Gasteiger partial charge in [-0.05, 0) is 60.7 Å². The van der Waals surface area contributed by atoms with Crippen LogP contribution in [0.3, 0.4) is 0 Å². The first-order valence-corrected chi connectivity index (χ1v) is 14.4. The van der Waals surface area contributed by atoms with E-state index in [0.717, 1.165) is 34.0 Å². The number of benzene rings is 2. The molecule has 3 aromatic rings. The molecule has 0 aliphatic carbocycles. The lowest BCUT2D eigenvalue weighted by molar-refractivity contribution is -0.121. The van der Waals surface area contributed by atoms with E-state index in [1.807, 2.05) is 0 Å². The Morgan fingerprint density at radius 1 is 0.860 bits per heavy atom. The maximum Gasteiger partial charge on any atom is 0.357 e. The number of hydrogen-bond acceptors (Lipinski definition) is 11. The Bertz CT molecular complexity index is 1960. The van der Waals surface area contributed by atoms with Gasteiger partial charge in [0.05, 0.1) is 26.7 Å². The Balaban J connectivity index is 1.58. The highest BCUT2D eigenvalue weighted by Crippen LogP contribution is 2.28. The molecule has 4 N–H and O–H groups in total. The van der Waals surface area contributed by atoms with Crippen molar-refractivity contribution in [3.05, 3.63) is 89.7 Å². The Labute approximate surface area is 242 Å². The first-order valence-electron chi connectivity index (χ1n) is 11.5. The molecule has 222 valence electrons. The Hall–Kier alpha value is -5.43. The van der Waals surface area contributed by atoms with Gasteiger partial charge in [-0.15, -0.1) is 5.10 Å². The van der Waals surface area contributed by atoms with Crippen molar-refractivity contribution in [1.82, 2.24) is 9.78 Å². The lowest BCUT2D eigenvalue weighted by Crippen LogP contribution is -2.21. The van der Waals surface area contributed by atoms with Crippen molar-refractivity contribution in [2.75, 3.05) is 5.01 Å². The van der Waals surface area contributed by atoms with Gasteiger partial charge in [0.25, 0.3) is 38.5 Å². The van der Waals surface area contributed by atoms with Crippen LogP contribution in [0.1, 0.15) is 16.1 Å². The largest absolute Gasteiger partial charge is 0.493 e. The van der Waals surface area contributed by atoms with Gasteiger partial charge in [-0.2, -0.15) is 31.6 Å². The third-order valence-corrected chi connectivity index (χ3v) is 7.35. The number of hydrogen-bond donors (Lipinski definition) is 4. The lowest BCUT2D eigenvalue weighted by Gasteiger charge is -2.11. The van der Waals surface area contributed by atoms with Crippen LogP contribution in [-0.4, -0.2) is 70.2 Å². The minimum absolute atomic E-state index is 0.0403. The SMILES string of the molecule is O=COC1=NN(c2ccc(S(=O)(=O)O)cc2)C(=O)/C1=C\C=CC=Cc1c(C(=O)O)nn(-c2ccc(S(=O)(=O)O)cc2)c1O. The number of carboxylic acids is 1. The first kappa shape index (κ1) is 30.5. The van der Waals surface area contributed by atoms with E-state index < -0.39 is 53.5 Å². The van der Waals surface area contributed by atoms with E-state index in [1.54, 1.807) is 0 Å². The summed E-state index contributed by atoms with van der Waals surface area (Å²) < 4.78 is 68.9. The molecule has 2 heterocycles. The van der Waals surface area contributed by atoms with Crippen molar-refractivity contribution in [2.45, 2.75) is 9.79 Å². The van der Waals surface area contributed by atoms with Gasteiger partial charge in [-0.3, -0.25) is 18.7 Å². The van der Waals surface area contributed by atoms with E-state index in [0.29, 0.717) is 0 Å². The van der Waals surface area contributed by atoms with Crippen molar-refractivity contribution in [1.29, 1.82) is 0 Å². The highest BCUT2D eigenvalue weighted by Gasteiger charge is 2.32. The maximum absolute atomic E-state index is 12.9. The number of carbonyl (C=O) groups excluding carboxylic acids is 2. The van der Waals surface area contributed by atoms with E-state index in [1.165, 1.54) is 54.6 Å². The number of ether oxygens (including phenoxy) is 1. The molecule has 0 radical (unpaired) electrons. The Morgan fingerprint density at radius 3 is 1.93 bits per heavy atom. The van der Waals surface area contributed by atoms with Crippen LogP contribution in [-0.2, 0) is 34.6 Å². The van der Waals surface area contributed by atoms with Gasteiger partial charge in [0, 0.05) is 0 Å². The second kappa shape index (κ2) is 11.8. The third kappa shape index (κ3) is 6.57. The predicted molar refractivity (Wildman–Crippen MR) is 147 cm³/mol. The number of anilines is 1. The Kier molecular flexibility index (Phi) is 8.39. The van der Waals surface area contributed by atoms with Crippen LogP contribution < -0.4 is 5.01 Å². The van der Waals surface area contributed by atoms with Crippen LogP contribution in [0.4, 0.5) is 5.69 Å². The number of aromatic nitrogens is 2. The second-order valence-corrected chi connectivity index (χ2v) is 11.1. The van der Waals surface area contributed by atoms with Crippen molar-refractivity contribution in [2.24, 2.45) is 5.10 Å². The van der Waals surface area contributed by atoms with Gasteiger partial charge in [0.2, 0.25) is 5.88 Å². The van der Waals surface area contributed by atoms with Crippen LogP contribution in [0, 0.1) is 0 Å². The van der Waals surface area contributed by atoms with Crippen LogP contribution in [0.25, 0.3) is 11.8 Å². The number of hydrazone groups is 1. The molecule has 0 saturated heterocycles. The number of amides is 1. The van der Waals surface area contributed by atoms with Gasteiger partial charge in [-0.1, -0.05) is 18.2 Å². The minimum atomic E-state index is -4.48. The summed E-state index contributed by atoms with van der Waals surface area (Å²) in [6.07, 6.45) is 6.37. The quantitative estimate of drug-likeness (QED) is 0.114. The van der Waals surface area contributed by atoms with Crippen molar-refractivity contribution >= 4 is 56.2 Å². The zero-order chi connectivity index (χ0) is 31.5. The average Bonchev–Trinajstić information content (AvgIpc) is 3.44. The smallest absolute Gasteiger partial charge is 0.357 e. The molecule has 4 rings (SSSR count). The van der Waals surface area contributed by atoms with Gasteiger partial charge >= 0.3 is 5.97 Å². The monoisotopic (exact) mass is 630 g/mol. The third-order valence-electron chi connectivity index (χ3n) is 5.61. The fourth-order valence-electron chi connectivity index (χ4n) is 3.64. The number of allylic oxidation sites excluding steroid dienone is 4. The Morgan fingerprint density at radius 2 is 1.42 bits per heavy atom. The summed E-state index contributed by atoms with van der Waals surface area (Å²) in [7, 11) is -8.95. The highest BCUT2D eigenvalue weighted by atomic mass is 32.2. The molecular weight excluding hydrogens is 612 g/mol. The molecule has 0 fully saturated rings. The van der Waals surface area contributed by atoms with E-state index in [4.69, 9.17) is 13.8 Å². The molecule has 0 saturated carbocycles. The van der Waals surface area contributed by atoms with Crippen LogP contribution in [0.5, 0.6) is 5.88 Å². The fraction of sp³-hybridized carbons (Fsp3) is 0. The second-order valence-electron chi connectivity index (χ2n) is 8.30. The lowest BCUT2D eigenvalue weighted by atomic mass is 10.2. The summed E-state index contributed by atoms with van der Waals surface area (Å²) in [5.74, 6) is -3.21. The number of carboxylic acid groups (broad SMARTS) is 1. The van der Waals surface area contributed by atoms with Crippen LogP contribution >= 0.6 is 0 Å². The summed E-state index contributed by atoms with van der Waals surface area (Å²) in [5.41, 5.74) is -0.753. The van der Waals surface area contributed by atoms with Crippen LogP contribution in [0.2, 0.25) is 0 Å². The molecule has 2 aromatic carbocycles. The van der Waals surface area contributed by atoms with Crippen molar-refractivity contribution < 1.29 is 55.3 Å². The summed E-state index contributed by atoms with van der Waals surface area (Å²) in [6.45, 7) is 0.0403. The summed E-state index contributed by atoms with van der Waals surface area (Å²) in [6, 6.07) is 8.90. The molecule has 0 atom stereocenters. The molecular formula is C25H18N4O12S2. The zero-order valence-electron chi connectivity index (χ0n) is 21.2. The van der Waals surface area contributed by atoms with Crippen molar-refractivity contribution in [3.63, 3.8) is 0 Å². The topological polar surface area (TPSA) is 243 Å². The number of aromatic hydroxyl groups is 1. The molecule has 0 unspecified atom stereocenters. The first-order chi connectivity index (χ1) is 20.2. The fourth-order valence-corrected chi connectivity index (χ4v) is 4.60. The normalized spacial score (nSPS) is 15.0. The van der Waals surface area contributed by atoms with Gasteiger partial charge in [0.1, 0.15) is 5.57 Å². The van der Waals surface area contributed by atoms with E-state index >= 15 is 0 Å². The zero-order valence-corrected chi connectivity index (χ0v) is 22.9. The minimum Gasteiger partial charge on any atom is -0.493 e.